The molecule has 1 aromatic rings. The number of hydrogen-bond donors (Lipinski definition) is 0. The van der Waals surface area contributed by atoms with Gasteiger partial charge in [0.1, 0.15) is 6.04 Å². The maximum atomic E-state index is 13.6. The molecule has 3 amide bonds. The Morgan fingerprint density at radius 3 is 2.22 bits per heavy atom. The highest BCUT2D eigenvalue weighted by atomic mass is 16.2. The van der Waals surface area contributed by atoms with Crippen molar-refractivity contribution in [3.05, 3.63) is 35.4 Å². The van der Waals surface area contributed by atoms with Crippen LogP contribution in [0.2, 0.25) is 0 Å². The largest absolute Gasteiger partial charge is 0.343 e. The first-order valence-corrected chi connectivity index (χ1v) is 12.3. The lowest BCUT2D eigenvalue weighted by atomic mass is 9.90. The Kier molecular flexibility index (Phi) is 7.17. The highest BCUT2D eigenvalue weighted by molar-refractivity contribution is 5.88. The first kappa shape index (κ1) is 22.8. The van der Waals surface area contributed by atoms with Crippen LogP contribution in [-0.4, -0.2) is 64.6 Å². The van der Waals surface area contributed by atoms with E-state index in [0.29, 0.717) is 44.8 Å². The lowest BCUT2D eigenvalue weighted by Crippen LogP contribution is -2.55. The third-order valence-electron chi connectivity index (χ3n) is 7.29. The van der Waals surface area contributed by atoms with E-state index in [-0.39, 0.29) is 23.6 Å². The third kappa shape index (κ3) is 5.16. The fraction of sp³-hybridized carbons (Fsp3) is 0.654. The van der Waals surface area contributed by atoms with Gasteiger partial charge in [-0.25, -0.2) is 0 Å². The van der Waals surface area contributed by atoms with Crippen LogP contribution in [0.3, 0.4) is 0 Å². The number of amides is 3. The molecule has 0 saturated carbocycles. The summed E-state index contributed by atoms with van der Waals surface area (Å²) in [4.78, 5) is 44.8. The van der Waals surface area contributed by atoms with E-state index in [9.17, 15) is 14.4 Å². The van der Waals surface area contributed by atoms with Gasteiger partial charge in [0.2, 0.25) is 17.7 Å². The predicted molar refractivity (Wildman–Crippen MR) is 124 cm³/mol. The normalized spacial score (nSPS) is 21.7. The number of nitrogens with zero attached hydrogens (tertiary/aromatic N) is 3. The average Bonchev–Trinajstić information content (AvgIpc) is 3.33. The van der Waals surface area contributed by atoms with Crippen LogP contribution in [0.4, 0.5) is 0 Å². The van der Waals surface area contributed by atoms with Crippen LogP contribution in [-0.2, 0) is 27.3 Å². The molecule has 3 aliphatic heterocycles. The lowest BCUT2D eigenvalue weighted by molar-refractivity contribution is -0.148. The summed E-state index contributed by atoms with van der Waals surface area (Å²) in [5.74, 6) is 1.04. The first-order chi connectivity index (χ1) is 15.4. The summed E-state index contributed by atoms with van der Waals surface area (Å²) in [5.41, 5.74) is 2.32. The molecule has 0 aromatic heterocycles. The van der Waals surface area contributed by atoms with Gasteiger partial charge in [-0.15, -0.1) is 0 Å². The molecule has 32 heavy (non-hydrogen) atoms. The van der Waals surface area contributed by atoms with Crippen LogP contribution in [0.25, 0.3) is 0 Å². The SMILES string of the molecule is CC(C)CC(=O)N1Cc2ccccc2CC1C(=O)N1CCC(CC(=O)N2CCCC2)CC1. The molecule has 1 unspecified atom stereocenters. The van der Waals surface area contributed by atoms with Crippen molar-refractivity contribution in [1.82, 2.24) is 14.7 Å². The average molecular weight is 440 g/mol. The fourth-order valence-electron chi connectivity index (χ4n) is 5.38. The number of rotatable bonds is 5. The van der Waals surface area contributed by atoms with Gasteiger partial charge in [-0.05, 0) is 48.6 Å². The van der Waals surface area contributed by atoms with Crippen LogP contribution in [0.1, 0.15) is 63.5 Å². The quantitative estimate of drug-likeness (QED) is 0.708. The van der Waals surface area contributed by atoms with Gasteiger partial charge in [-0.2, -0.15) is 0 Å². The minimum absolute atomic E-state index is 0.0685. The monoisotopic (exact) mass is 439 g/mol. The Balaban J connectivity index is 1.39. The summed E-state index contributed by atoms with van der Waals surface area (Å²) in [6.45, 7) is 7.77. The summed E-state index contributed by atoms with van der Waals surface area (Å²) in [7, 11) is 0. The number of carbonyl (C=O) groups is 3. The van der Waals surface area contributed by atoms with Crippen LogP contribution >= 0.6 is 0 Å². The molecule has 3 heterocycles. The molecule has 3 aliphatic rings. The molecule has 1 aromatic carbocycles. The van der Waals surface area contributed by atoms with E-state index in [2.05, 4.69) is 12.1 Å². The number of hydrogen-bond acceptors (Lipinski definition) is 3. The molecule has 0 aliphatic carbocycles. The van der Waals surface area contributed by atoms with E-state index in [1.807, 2.05) is 40.7 Å². The maximum Gasteiger partial charge on any atom is 0.245 e. The van der Waals surface area contributed by atoms with Crippen LogP contribution in [0, 0.1) is 11.8 Å². The zero-order valence-corrected chi connectivity index (χ0v) is 19.6. The second-order valence-corrected chi connectivity index (χ2v) is 10.2. The molecular formula is C26H37N3O3. The standard InChI is InChI=1S/C26H37N3O3/c1-19(2)15-25(31)29-18-22-8-4-3-7-21(22)17-23(29)26(32)28-13-9-20(10-14-28)16-24(30)27-11-5-6-12-27/h3-4,7-8,19-20,23H,5-6,9-18H2,1-2H3. The number of piperidine rings is 1. The van der Waals surface area contributed by atoms with Crippen molar-refractivity contribution in [2.75, 3.05) is 26.2 Å². The van der Waals surface area contributed by atoms with Gasteiger partial charge in [-0.3, -0.25) is 14.4 Å². The van der Waals surface area contributed by atoms with Gasteiger partial charge in [0, 0.05) is 52.0 Å². The maximum absolute atomic E-state index is 13.6. The van der Waals surface area contributed by atoms with Crippen LogP contribution < -0.4 is 0 Å². The van der Waals surface area contributed by atoms with Crippen LogP contribution in [0.15, 0.2) is 24.3 Å². The van der Waals surface area contributed by atoms with E-state index >= 15 is 0 Å². The van der Waals surface area contributed by atoms with E-state index in [4.69, 9.17) is 0 Å². The number of likely N-dealkylation sites (tertiary alicyclic amines) is 2. The highest BCUT2D eigenvalue weighted by Gasteiger charge is 2.38. The summed E-state index contributed by atoms with van der Waals surface area (Å²) >= 11 is 0. The Bertz CT molecular complexity index is 838. The molecular weight excluding hydrogens is 402 g/mol. The molecule has 4 rings (SSSR count). The van der Waals surface area contributed by atoms with Crippen molar-refractivity contribution in [3.8, 4) is 0 Å². The Morgan fingerprint density at radius 1 is 0.906 bits per heavy atom. The number of carbonyl (C=O) groups excluding carboxylic acids is 3. The van der Waals surface area contributed by atoms with Gasteiger partial charge in [-0.1, -0.05) is 38.1 Å². The van der Waals surface area contributed by atoms with Crippen molar-refractivity contribution in [2.45, 2.75) is 71.4 Å². The molecule has 1 atom stereocenters. The second-order valence-electron chi connectivity index (χ2n) is 10.2. The molecule has 2 saturated heterocycles. The van der Waals surface area contributed by atoms with E-state index in [1.54, 1.807) is 0 Å². The van der Waals surface area contributed by atoms with E-state index in [0.717, 1.165) is 44.3 Å². The lowest BCUT2D eigenvalue weighted by Gasteiger charge is -2.41. The highest BCUT2D eigenvalue weighted by Crippen LogP contribution is 2.28. The minimum Gasteiger partial charge on any atom is -0.343 e. The van der Waals surface area contributed by atoms with Crippen molar-refractivity contribution >= 4 is 17.7 Å². The Hall–Kier alpha value is -2.37. The smallest absolute Gasteiger partial charge is 0.245 e. The molecule has 0 spiro atoms. The molecule has 0 N–H and O–H groups in total. The first-order valence-electron chi connectivity index (χ1n) is 12.3. The van der Waals surface area contributed by atoms with Gasteiger partial charge in [0.05, 0.1) is 0 Å². The topological polar surface area (TPSA) is 60.9 Å². The van der Waals surface area contributed by atoms with Crippen molar-refractivity contribution < 1.29 is 14.4 Å². The van der Waals surface area contributed by atoms with Crippen molar-refractivity contribution in [2.24, 2.45) is 11.8 Å². The second kappa shape index (κ2) is 10.1. The fourth-order valence-corrected chi connectivity index (χ4v) is 5.38. The number of fused-ring (bicyclic) bond motifs is 1. The van der Waals surface area contributed by atoms with Gasteiger partial charge >= 0.3 is 0 Å². The van der Waals surface area contributed by atoms with Crippen molar-refractivity contribution in [3.63, 3.8) is 0 Å². The Morgan fingerprint density at radius 2 is 1.56 bits per heavy atom. The van der Waals surface area contributed by atoms with Crippen molar-refractivity contribution in [1.29, 1.82) is 0 Å². The summed E-state index contributed by atoms with van der Waals surface area (Å²) < 4.78 is 0. The Labute approximate surface area is 191 Å². The van der Waals surface area contributed by atoms with E-state index in [1.165, 1.54) is 5.56 Å². The van der Waals surface area contributed by atoms with Gasteiger partial charge in [0.15, 0.2) is 0 Å². The molecule has 6 heteroatoms. The van der Waals surface area contributed by atoms with Gasteiger partial charge in [0.25, 0.3) is 0 Å². The molecule has 174 valence electrons. The molecule has 2 fully saturated rings. The predicted octanol–water partition coefficient (Wildman–Crippen LogP) is 3.24. The van der Waals surface area contributed by atoms with E-state index < -0.39 is 6.04 Å². The molecule has 0 radical (unpaired) electrons. The summed E-state index contributed by atoms with van der Waals surface area (Å²) in [6, 6.07) is 7.73. The summed E-state index contributed by atoms with van der Waals surface area (Å²) in [6.07, 6.45) is 5.64. The molecule has 0 bridgehead atoms. The van der Waals surface area contributed by atoms with Crippen LogP contribution in [0.5, 0.6) is 0 Å². The zero-order chi connectivity index (χ0) is 22.7. The number of benzene rings is 1. The third-order valence-corrected chi connectivity index (χ3v) is 7.29. The van der Waals surface area contributed by atoms with Gasteiger partial charge < -0.3 is 14.7 Å². The zero-order valence-electron chi connectivity index (χ0n) is 19.6. The minimum atomic E-state index is -0.418. The summed E-state index contributed by atoms with van der Waals surface area (Å²) in [5, 5.41) is 0. The molecule has 6 nitrogen and oxygen atoms in total.